The van der Waals surface area contributed by atoms with Gasteiger partial charge < -0.3 is 4.90 Å². The summed E-state index contributed by atoms with van der Waals surface area (Å²) in [6.45, 7) is 5.31. The third kappa shape index (κ3) is 4.86. The van der Waals surface area contributed by atoms with Crippen LogP contribution in [0, 0.1) is 12.8 Å². The number of benzene rings is 1. The average molecular weight is 315 g/mol. The summed E-state index contributed by atoms with van der Waals surface area (Å²) in [4.78, 5) is 25.0. The van der Waals surface area contributed by atoms with Gasteiger partial charge in [0.2, 0.25) is 5.78 Å². The van der Waals surface area contributed by atoms with E-state index in [-0.39, 0.29) is 11.5 Å². The molecule has 122 valence electrons. The molecule has 6 heteroatoms. The van der Waals surface area contributed by atoms with Crippen LogP contribution in [0.4, 0.5) is 13.2 Å². The third-order valence-electron chi connectivity index (χ3n) is 3.57. The highest BCUT2D eigenvalue weighted by Crippen LogP contribution is 2.21. The molecule has 1 amide bonds. The highest BCUT2D eigenvalue weighted by atomic mass is 19.4. The van der Waals surface area contributed by atoms with Crippen molar-refractivity contribution in [3.63, 3.8) is 0 Å². The Hall–Kier alpha value is -1.85. The summed E-state index contributed by atoms with van der Waals surface area (Å²) in [7, 11) is 0. The fourth-order valence-corrected chi connectivity index (χ4v) is 1.91. The van der Waals surface area contributed by atoms with E-state index in [1.54, 1.807) is 26.0 Å². The second kappa shape index (κ2) is 6.94. The largest absolute Gasteiger partial charge is 0.406 e. The molecule has 0 bridgehead atoms. The van der Waals surface area contributed by atoms with Crippen LogP contribution in [0.1, 0.15) is 36.7 Å². The van der Waals surface area contributed by atoms with Gasteiger partial charge in [-0.25, -0.2) is 0 Å². The molecule has 1 aromatic rings. The molecule has 1 unspecified atom stereocenters. The maximum atomic E-state index is 12.7. The van der Waals surface area contributed by atoms with Gasteiger partial charge in [0.25, 0.3) is 5.91 Å². The number of rotatable bonds is 5. The molecule has 0 heterocycles. The van der Waals surface area contributed by atoms with Crippen LogP contribution < -0.4 is 0 Å². The topological polar surface area (TPSA) is 37.4 Å². The molecule has 0 aliphatic heterocycles. The molecule has 1 rings (SSSR count). The molecule has 0 aromatic heterocycles. The summed E-state index contributed by atoms with van der Waals surface area (Å²) >= 11 is 0. The van der Waals surface area contributed by atoms with Crippen molar-refractivity contribution in [2.45, 2.75) is 39.9 Å². The van der Waals surface area contributed by atoms with E-state index >= 15 is 0 Å². The van der Waals surface area contributed by atoms with Gasteiger partial charge in [-0.15, -0.1) is 0 Å². The molecule has 0 saturated carbocycles. The third-order valence-corrected chi connectivity index (χ3v) is 3.57. The van der Waals surface area contributed by atoms with Gasteiger partial charge in [-0.1, -0.05) is 43.7 Å². The highest BCUT2D eigenvalue weighted by Gasteiger charge is 2.38. The molecular weight excluding hydrogens is 295 g/mol. The zero-order chi connectivity index (χ0) is 17.1. The first-order valence-corrected chi connectivity index (χ1v) is 7.01. The maximum absolute atomic E-state index is 12.7. The fourth-order valence-electron chi connectivity index (χ4n) is 1.91. The van der Waals surface area contributed by atoms with Crippen LogP contribution >= 0.6 is 0 Å². The van der Waals surface area contributed by atoms with Crippen molar-refractivity contribution in [1.82, 2.24) is 4.90 Å². The Balaban J connectivity index is 3.05. The number of alkyl halides is 3. The number of aryl methyl sites for hydroxylation is 1. The van der Waals surface area contributed by atoms with Gasteiger partial charge in [-0.3, -0.25) is 9.59 Å². The van der Waals surface area contributed by atoms with Gasteiger partial charge in [0, 0.05) is 11.6 Å². The lowest BCUT2D eigenvalue weighted by Gasteiger charge is -2.32. The first kappa shape index (κ1) is 18.2. The van der Waals surface area contributed by atoms with Crippen LogP contribution in [0.5, 0.6) is 0 Å². The predicted molar refractivity (Wildman–Crippen MR) is 77.6 cm³/mol. The van der Waals surface area contributed by atoms with Gasteiger partial charge in [-0.2, -0.15) is 13.2 Å². The maximum Gasteiger partial charge on any atom is 0.406 e. The zero-order valence-electron chi connectivity index (χ0n) is 13.1. The van der Waals surface area contributed by atoms with Gasteiger partial charge >= 0.3 is 6.18 Å². The number of Topliss-reactive ketones (excluding diaryl/α,β-unsaturated/α-hetero) is 1. The smallest absolute Gasteiger partial charge is 0.324 e. The van der Waals surface area contributed by atoms with Crippen LogP contribution in [0.25, 0.3) is 0 Å². The number of hydrogen-bond donors (Lipinski definition) is 0. The monoisotopic (exact) mass is 315 g/mol. The van der Waals surface area contributed by atoms with Crippen molar-refractivity contribution in [1.29, 1.82) is 0 Å². The number of hydrogen-bond acceptors (Lipinski definition) is 2. The van der Waals surface area contributed by atoms with E-state index in [0.29, 0.717) is 4.90 Å². The number of nitrogens with zero attached hydrogens (tertiary/aromatic N) is 1. The molecule has 0 fully saturated rings. The second-order valence-corrected chi connectivity index (χ2v) is 5.73. The van der Waals surface area contributed by atoms with E-state index in [0.717, 1.165) is 5.56 Å². The Kier molecular flexibility index (Phi) is 5.74. The Labute approximate surface area is 128 Å². The zero-order valence-corrected chi connectivity index (χ0v) is 13.1. The summed E-state index contributed by atoms with van der Waals surface area (Å²) in [6, 6.07) is 5.48. The molecule has 0 aliphatic rings. The Morgan fingerprint density at radius 3 is 2.00 bits per heavy atom. The molecule has 22 heavy (non-hydrogen) atoms. The molecule has 0 radical (unpaired) electrons. The Bertz CT molecular complexity index is 535. The molecular formula is C16H20F3NO2. The van der Waals surface area contributed by atoms with Crippen molar-refractivity contribution >= 4 is 11.7 Å². The van der Waals surface area contributed by atoms with Crippen LogP contribution in [-0.4, -0.2) is 35.4 Å². The standard InChI is InChI=1S/C16H20F3NO2/c1-10(2)12(4)20(9-16(17,18)19)15(22)14(21)13-7-5-11(3)6-8-13/h5-8,10,12H,9H2,1-4H3. The van der Waals surface area contributed by atoms with Gasteiger partial charge in [0.1, 0.15) is 6.54 Å². The van der Waals surface area contributed by atoms with E-state index in [9.17, 15) is 22.8 Å². The number of amides is 1. The number of carbonyl (C=O) groups is 2. The van der Waals surface area contributed by atoms with Crippen molar-refractivity contribution in [3.8, 4) is 0 Å². The molecule has 0 N–H and O–H groups in total. The van der Waals surface area contributed by atoms with Crippen LogP contribution in [0.2, 0.25) is 0 Å². The lowest BCUT2D eigenvalue weighted by molar-refractivity contribution is -0.163. The normalized spacial score (nSPS) is 13.1. The predicted octanol–water partition coefficient (Wildman–Crippen LogP) is 3.61. The minimum Gasteiger partial charge on any atom is -0.324 e. The minimum absolute atomic E-state index is 0.0960. The van der Waals surface area contributed by atoms with Crippen LogP contribution in [0.15, 0.2) is 24.3 Å². The number of halogens is 3. The van der Waals surface area contributed by atoms with Crippen molar-refractivity contribution in [2.24, 2.45) is 5.92 Å². The van der Waals surface area contributed by atoms with Crippen molar-refractivity contribution in [2.75, 3.05) is 6.54 Å². The second-order valence-electron chi connectivity index (χ2n) is 5.73. The van der Waals surface area contributed by atoms with Gasteiger partial charge in [0.05, 0.1) is 0 Å². The lowest BCUT2D eigenvalue weighted by atomic mass is 10.0. The molecule has 3 nitrogen and oxygen atoms in total. The van der Waals surface area contributed by atoms with E-state index in [1.807, 2.05) is 6.92 Å². The van der Waals surface area contributed by atoms with Gasteiger partial charge in [0.15, 0.2) is 0 Å². The van der Waals surface area contributed by atoms with E-state index < -0.39 is 30.5 Å². The Morgan fingerprint density at radius 1 is 1.09 bits per heavy atom. The first-order chi connectivity index (χ1) is 10.0. The molecule has 0 spiro atoms. The number of carbonyl (C=O) groups excluding carboxylic acids is 2. The summed E-state index contributed by atoms with van der Waals surface area (Å²) in [6.07, 6.45) is -4.55. The van der Waals surface area contributed by atoms with Crippen molar-refractivity contribution < 1.29 is 22.8 Å². The molecule has 0 saturated heterocycles. The average Bonchev–Trinajstić information content (AvgIpc) is 2.42. The van der Waals surface area contributed by atoms with E-state index in [4.69, 9.17) is 0 Å². The Morgan fingerprint density at radius 2 is 1.59 bits per heavy atom. The fraction of sp³-hybridized carbons (Fsp3) is 0.500. The quantitative estimate of drug-likeness (QED) is 0.615. The number of ketones is 1. The summed E-state index contributed by atoms with van der Waals surface area (Å²) in [5.74, 6) is -2.24. The first-order valence-electron chi connectivity index (χ1n) is 7.01. The van der Waals surface area contributed by atoms with E-state index in [2.05, 4.69) is 0 Å². The molecule has 0 aliphatic carbocycles. The molecule has 1 atom stereocenters. The van der Waals surface area contributed by atoms with Crippen LogP contribution in [-0.2, 0) is 4.79 Å². The van der Waals surface area contributed by atoms with Crippen LogP contribution in [0.3, 0.4) is 0 Å². The SMILES string of the molecule is Cc1ccc(C(=O)C(=O)N(CC(F)(F)F)C(C)C(C)C)cc1. The lowest BCUT2D eigenvalue weighted by Crippen LogP contribution is -2.49. The van der Waals surface area contributed by atoms with Gasteiger partial charge in [-0.05, 0) is 19.8 Å². The minimum atomic E-state index is -4.55. The summed E-state index contributed by atoms with van der Waals surface area (Å²) in [5.41, 5.74) is 0.991. The summed E-state index contributed by atoms with van der Waals surface area (Å²) < 4.78 is 38.1. The van der Waals surface area contributed by atoms with E-state index in [1.165, 1.54) is 19.1 Å². The summed E-state index contributed by atoms with van der Waals surface area (Å²) in [5, 5.41) is 0. The van der Waals surface area contributed by atoms with Crippen molar-refractivity contribution in [3.05, 3.63) is 35.4 Å². The highest BCUT2D eigenvalue weighted by molar-refractivity contribution is 6.42. The molecule has 1 aromatic carbocycles.